The first-order chi connectivity index (χ1) is 11.6. The van der Waals surface area contributed by atoms with Crippen molar-refractivity contribution in [1.29, 1.82) is 0 Å². The fourth-order valence-electron chi connectivity index (χ4n) is 3.16. The molecule has 1 aliphatic heterocycles. The first kappa shape index (κ1) is 16.5. The van der Waals surface area contributed by atoms with Crippen LogP contribution in [0.1, 0.15) is 23.7 Å². The topological polar surface area (TPSA) is 54.3 Å². The molecule has 5 heteroatoms. The summed E-state index contributed by atoms with van der Waals surface area (Å²) in [7, 11) is 0. The van der Waals surface area contributed by atoms with Gasteiger partial charge in [0, 0.05) is 50.4 Å². The van der Waals surface area contributed by atoms with Crippen LogP contribution >= 0.6 is 0 Å². The highest BCUT2D eigenvalue weighted by atomic mass is 16.2. The Morgan fingerprint density at radius 3 is 2.71 bits per heavy atom. The van der Waals surface area contributed by atoms with Crippen LogP contribution in [0.2, 0.25) is 0 Å². The van der Waals surface area contributed by atoms with Crippen LogP contribution in [0.15, 0.2) is 53.3 Å². The predicted octanol–water partition coefficient (Wildman–Crippen LogP) is 1.72. The van der Waals surface area contributed by atoms with Gasteiger partial charge in [0.05, 0.1) is 0 Å². The van der Waals surface area contributed by atoms with Crippen LogP contribution in [0.5, 0.6) is 0 Å². The lowest BCUT2D eigenvalue weighted by Gasteiger charge is -2.34. The van der Waals surface area contributed by atoms with Crippen LogP contribution < -0.4 is 10.9 Å². The molecule has 2 aromatic rings. The Morgan fingerprint density at radius 2 is 1.96 bits per heavy atom. The van der Waals surface area contributed by atoms with Crippen molar-refractivity contribution in [2.75, 3.05) is 19.6 Å². The Hall–Kier alpha value is -2.40. The lowest BCUT2D eigenvalue weighted by Crippen LogP contribution is -2.48. The molecule has 3 rings (SSSR count). The molecule has 0 radical (unpaired) electrons. The van der Waals surface area contributed by atoms with Crippen molar-refractivity contribution < 1.29 is 4.79 Å². The van der Waals surface area contributed by atoms with E-state index in [9.17, 15) is 9.59 Å². The van der Waals surface area contributed by atoms with Crippen molar-refractivity contribution in [3.05, 3.63) is 70.1 Å². The molecular formula is C19H23N3O2. The molecule has 1 atom stereocenters. The van der Waals surface area contributed by atoms with Gasteiger partial charge in [-0.05, 0) is 18.6 Å². The second kappa shape index (κ2) is 7.45. The van der Waals surface area contributed by atoms with E-state index in [4.69, 9.17) is 0 Å². The minimum atomic E-state index is -0.0507. The fourth-order valence-corrected chi connectivity index (χ4v) is 3.16. The van der Waals surface area contributed by atoms with Crippen molar-refractivity contribution in [2.24, 2.45) is 0 Å². The molecule has 0 spiro atoms. The number of carbonyl (C=O) groups excluding carboxylic acids is 1. The molecule has 0 bridgehead atoms. The van der Waals surface area contributed by atoms with Crippen LogP contribution in [0, 0.1) is 6.92 Å². The molecule has 2 heterocycles. The Labute approximate surface area is 141 Å². The maximum atomic E-state index is 12.6. The van der Waals surface area contributed by atoms with E-state index in [-0.39, 0.29) is 17.5 Å². The average Bonchev–Trinajstić information content (AvgIpc) is 2.62. The SMILES string of the molecule is Cc1cccc(=O)n1CCC(=O)N1CCN[C@H](c2ccccc2)C1. The molecule has 1 aliphatic rings. The number of aromatic nitrogens is 1. The van der Waals surface area contributed by atoms with Gasteiger partial charge in [-0.2, -0.15) is 0 Å². The second-order valence-electron chi connectivity index (χ2n) is 6.16. The van der Waals surface area contributed by atoms with Crippen molar-refractivity contribution in [3.63, 3.8) is 0 Å². The minimum absolute atomic E-state index is 0.0507. The summed E-state index contributed by atoms with van der Waals surface area (Å²) in [5.41, 5.74) is 2.04. The zero-order chi connectivity index (χ0) is 16.9. The molecular weight excluding hydrogens is 302 g/mol. The van der Waals surface area contributed by atoms with Gasteiger partial charge in [0.25, 0.3) is 5.56 Å². The van der Waals surface area contributed by atoms with E-state index in [1.54, 1.807) is 10.6 Å². The zero-order valence-corrected chi connectivity index (χ0v) is 13.9. The molecule has 1 aromatic carbocycles. The number of nitrogens with one attached hydrogen (secondary N) is 1. The first-order valence-electron chi connectivity index (χ1n) is 8.38. The molecule has 1 N–H and O–H groups in total. The van der Waals surface area contributed by atoms with E-state index in [1.165, 1.54) is 11.6 Å². The number of carbonyl (C=O) groups is 1. The average molecular weight is 325 g/mol. The summed E-state index contributed by atoms with van der Waals surface area (Å²) in [5, 5.41) is 3.46. The van der Waals surface area contributed by atoms with E-state index in [0.717, 1.165) is 12.2 Å². The smallest absolute Gasteiger partial charge is 0.250 e. The largest absolute Gasteiger partial charge is 0.339 e. The maximum absolute atomic E-state index is 12.6. The van der Waals surface area contributed by atoms with Gasteiger partial charge in [-0.15, -0.1) is 0 Å². The highest BCUT2D eigenvalue weighted by Gasteiger charge is 2.23. The molecule has 1 saturated heterocycles. The second-order valence-corrected chi connectivity index (χ2v) is 6.16. The van der Waals surface area contributed by atoms with E-state index >= 15 is 0 Å². The predicted molar refractivity (Wildman–Crippen MR) is 93.8 cm³/mol. The van der Waals surface area contributed by atoms with E-state index in [1.807, 2.05) is 36.1 Å². The number of hydrogen-bond acceptors (Lipinski definition) is 3. The summed E-state index contributed by atoms with van der Waals surface area (Å²) in [6, 6.07) is 15.5. The van der Waals surface area contributed by atoms with Gasteiger partial charge in [-0.3, -0.25) is 9.59 Å². The highest BCUT2D eigenvalue weighted by Crippen LogP contribution is 2.17. The molecule has 1 aromatic heterocycles. The summed E-state index contributed by atoms with van der Waals surface area (Å²) in [6.07, 6.45) is 0.353. The number of hydrogen-bond donors (Lipinski definition) is 1. The third-order valence-corrected chi connectivity index (χ3v) is 4.55. The Kier molecular flexibility index (Phi) is 5.11. The van der Waals surface area contributed by atoms with Gasteiger partial charge in [0.15, 0.2) is 0 Å². The molecule has 0 saturated carbocycles. The molecule has 24 heavy (non-hydrogen) atoms. The van der Waals surface area contributed by atoms with E-state index < -0.39 is 0 Å². The van der Waals surface area contributed by atoms with Crippen molar-refractivity contribution in [1.82, 2.24) is 14.8 Å². The molecule has 126 valence electrons. The van der Waals surface area contributed by atoms with Gasteiger partial charge in [-0.25, -0.2) is 0 Å². The number of nitrogens with zero attached hydrogens (tertiary/aromatic N) is 2. The highest BCUT2D eigenvalue weighted by molar-refractivity contribution is 5.76. The Morgan fingerprint density at radius 1 is 1.17 bits per heavy atom. The lowest BCUT2D eigenvalue weighted by molar-refractivity contribution is -0.132. The number of pyridine rings is 1. The fraction of sp³-hybridized carbons (Fsp3) is 0.368. The lowest BCUT2D eigenvalue weighted by atomic mass is 10.0. The van der Waals surface area contributed by atoms with Crippen molar-refractivity contribution in [2.45, 2.75) is 25.9 Å². The van der Waals surface area contributed by atoms with Crippen molar-refractivity contribution >= 4 is 5.91 Å². The minimum Gasteiger partial charge on any atom is -0.339 e. The van der Waals surface area contributed by atoms with Crippen LogP contribution in [-0.4, -0.2) is 35.0 Å². The normalized spacial score (nSPS) is 17.7. The van der Waals surface area contributed by atoms with Crippen molar-refractivity contribution in [3.8, 4) is 0 Å². The molecule has 1 amide bonds. The summed E-state index contributed by atoms with van der Waals surface area (Å²) in [5.74, 6) is 0.104. The van der Waals surface area contributed by atoms with Crippen LogP contribution in [-0.2, 0) is 11.3 Å². The summed E-state index contributed by atoms with van der Waals surface area (Å²) in [4.78, 5) is 26.3. The molecule has 5 nitrogen and oxygen atoms in total. The van der Waals surface area contributed by atoms with E-state index in [2.05, 4.69) is 17.4 Å². The summed E-state index contributed by atoms with van der Waals surface area (Å²) in [6.45, 7) is 4.50. The molecule has 0 aliphatic carbocycles. The van der Waals surface area contributed by atoms with Gasteiger partial charge < -0.3 is 14.8 Å². The number of amides is 1. The van der Waals surface area contributed by atoms with Crippen LogP contribution in [0.4, 0.5) is 0 Å². The summed E-state index contributed by atoms with van der Waals surface area (Å²) >= 11 is 0. The third kappa shape index (κ3) is 3.74. The Balaban J connectivity index is 1.62. The Bertz CT molecular complexity index is 755. The van der Waals surface area contributed by atoms with Gasteiger partial charge in [0.2, 0.25) is 5.91 Å². The number of rotatable bonds is 4. The van der Waals surface area contributed by atoms with Gasteiger partial charge in [-0.1, -0.05) is 36.4 Å². The molecule has 1 fully saturated rings. The first-order valence-corrected chi connectivity index (χ1v) is 8.38. The monoisotopic (exact) mass is 325 g/mol. The quantitative estimate of drug-likeness (QED) is 0.931. The van der Waals surface area contributed by atoms with Gasteiger partial charge in [0.1, 0.15) is 0 Å². The van der Waals surface area contributed by atoms with Crippen LogP contribution in [0.25, 0.3) is 0 Å². The standard InChI is InChI=1S/C19H23N3O2/c1-15-6-5-9-19(24)22(15)12-10-18(23)21-13-11-20-17(14-21)16-7-3-2-4-8-16/h2-9,17,20H,10-14H2,1H3/t17-/m0/s1. The number of piperazine rings is 1. The molecule has 0 unspecified atom stereocenters. The number of benzene rings is 1. The zero-order valence-electron chi connectivity index (χ0n) is 13.9. The van der Waals surface area contributed by atoms with E-state index in [0.29, 0.717) is 26.1 Å². The third-order valence-electron chi connectivity index (χ3n) is 4.55. The van der Waals surface area contributed by atoms with Gasteiger partial charge >= 0.3 is 0 Å². The maximum Gasteiger partial charge on any atom is 0.250 e. The van der Waals surface area contributed by atoms with Crippen LogP contribution in [0.3, 0.4) is 0 Å². The summed E-state index contributed by atoms with van der Waals surface area (Å²) < 4.78 is 1.66. The number of aryl methyl sites for hydroxylation is 1.